The molecule has 2 heterocycles. The van der Waals surface area contributed by atoms with Crippen molar-refractivity contribution in [2.45, 2.75) is 13.3 Å². The Hall–Kier alpha value is -2.13. The highest BCUT2D eigenvalue weighted by molar-refractivity contribution is 5.67. The minimum atomic E-state index is 0.614. The monoisotopic (exact) mass is 251 g/mol. The summed E-state index contributed by atoms with van der Waals surface area (Å²) in [4.78, 5) is 4.68. The van der Waals surface area contributed by atoms with Crippen LogP contribution in [0, 0.1) is 6.92 Å². The first-order valence-electron chi connectivity index (χ1n) is 6.52. The van der Waals surface area contributed by atoms with Crippen LogP contribution in [0.3, 0.4) is 0 Å². The topological polar surface area (TPSA) is 43.3 Å². The second-order valence-electron chi connectivity index (χ2n) is 4.74. The van der Waals surface area contributed by atoms with Crippen molar-refractivity contribution in [2.75, 3.05) is 6.54 Å². The number of pyridine rings is 1. The van der Waals surface area contributed by atoms with E-state index in [1.165, 1.54) is 11.1 Å². The number of imidazole rings is 1. The van der Waals surface area contributed by atoms with Gasteiger partial charge in [0.25, 0.3) is 0 Å². The van der Waals surface area contributed by atoms with E-state index in [1.807, 2.05) is 18.2 Å². The normalized spacial score (nSPS) is 11.1. The van der Waals surface area contributed by atoms with Gasteiger partial charge in [-0.25, -0.2) is 4.98 Å². The number of benzene rings is 1. The molecule has 19 heavy (non-hydrogen) atoms. The van der Waals surface area contributed by atoms with Crippen molar-refractivity contribution in [3.63, 3.8) is 0 Å². The molecule has 96 valence electrons. The van der Waals surface area contributed by atoms with Crippen molar-refractivity contribution >= 4 is 5.65 Å². The van der Waals surface area contributed by atoms with Crippen LogP contribution in [0.1, 0.15) is 11.3 Å². The molecule has 1 aromatic carbocycles. The molecular weight excluding hydrogens is 234 g/mol. The van der Waals surface area contributed by atoms with E-state index < -0.39 is 0 Å². The fraction of sp³-hybridized carbons (Fsp3) is 0.188. The fourth-order valence-corrected chi connectivity index (χ4v) is 2.37. The van der Waals surface area contributed by atoms with Gasteiger partial charge < -0.3 is 5.73 Å². The summed E-state index contributed by atoms with van der Waals surface area (Å²) in [5.41, 5.74) is 11.3. The Balaban J connectivity index is 2.24. The number of aryl methyl sites for hydroxylation is 1. The minimum absolute atomic E-state index is 0.614. The molecule has 0 fully saturated rings. The minimum Gasteiger partial charge on any atom is -0.330 e. The standard InChI is InChI=1S/C16H17N3/c1-12-5-7-13(8-6-12)16-14(9-10-17)18-15-4-2-3-11-19(15)16/h2-8,11H,9-10,17H2,1H3. The lowest BCUT2D eigenvalue weighted by Gasteiger charge is -2.05. The molecule has 0 radical (unpaired) electrons. The zero-order valence-corrected chi connectivity index (χ0v) is 11.0. The predicted octanol–water partition coefficient (Wildman–Crippen LogP) is 2.81. The molecule has 0 unspecified atom stereocenters. The molecule has 0 saturated carbocycles. The van der Waals surface area contributed by atoms with Crippen LogP contribution in [0.15, 0.2) is 48.7 Å². The Kier molecular flexibility index (Phi) is 3.05. The van der Waals surface area contributed by atoms with Crippen LogP contribution in [0.5, 0.6) is 0 Å². The van der Waals surface area contributed by atoms with Crippen LogP contribution < -0.4 is 5.73 Å². The van der Waals surface area contributed by atoms with Crippen molar-refractivity contribution in [3.8, 4) is 11.3 Å². The van der Waals surface area contributed by atoms with Crippen molar-refractivity contribution < 1.29 is 0 Å². The number of nitrogens with two attached hydrogens (primary N) is 1. The molecular formula is C16H17N3. The SMILES string of the molecule is Cc1ccc(-c2c(CCN)nc3ccccn23)cc1. The summed E-state index contributed by atoms with van der Waals surface area (Å²) in [5, 5.41) is 0. The van der Waals surface area contributed by atoms with E-state index in [4.69, 9.17) is 5.73 Å². The van der Waals surface area contributed by atoms with Gasteiger partial charge in [0, 0.05) is 18.2 Å². The third-order valence-electron chi connectivity index (χ3n) is 3.31. The molecule has 0 bridgehead atoms. The summed E-state index contributed by atoms with van der Waals surface area (Å²) >= 11 is 0. The molecule has 2 N–H and O–H groups in total. The lowest BCUT2D eigenvalue weighted by atomic mass is 10.1. The molecule has 0 saturated heterocycles. The van der Waals surface area contributed by atoms with E-state index in [0.29, 0.717) is 6.54 Å². The molecule has 2 aromatic heterocycles. The summed E-state index contributed by atoms with van der Waals surface area (Å²) < 4.78 is 2.13. The summed E-state index contributed by atoms with van der Waals surface area (Å²) in [7, 11) is 0. The third kappa shape index (κ3) is 2.13. The third-order valence-corrected chi connectivity index (χ3v) is 3.31. The first-order chi connectivity index (χ1) is 9.29. The van der Waals surface area contributed by atoms with Gasteiger partial charge in [-0.15, -0.1) is 0 Å². The highest BCUT2D eigenvalue weighted by Crippen LogP contribution is 2.25. The largest absolute Gasteiger partial charge is 0.330 e. The van der Waals surface area contributed by atoms with Crippen LogP contribution >= 0.6 is 0 Å². The Morgan fingerprint density at radius 1 is 1.11 bits per heavy atom. The maximum absolute atomic E-state index is 5.70. The quantitative estimate of drug-likeness (QED) is 0.778. The fourth-order valence-electron chi connectivity index (χ4n) is 2.37. The van der Waals surface area contributed by atoms with Gasteiger partial charge in [-0.3, -0.25) is 4.40 Å². The van der Waals surface area contributed by atoms with E-state index in [1.54, 1.807) is 0 Å². The molecule has 0 aliphatic heterocycles. The van der Waals surface area contributed by atoms with Crippen molar-refractivity contribution in [2.24, 2.45) is 5.73 Å². The van der Waals surface area contributed by atoms with Gasteiger partial charge in [0.2, 0.25) is 0 Å². The number of fused-ring (bicyclic) bond motifs is 1. The second-order valence-corrected chi connectivity index (χ2v) is 4.74. The van der Waals surface area contributed by atoms with Crippen LogP contribution in [0.4, 0.5) is 0 Å². The number of hydrogen-bond donors (Lipinski definition) is 1. The van der Waals surface area contributed by atoms with Crippen LogP contribution in [-0.2, 0) is 6.42 Å². The Bertz CT molecular complexity index is 696. The maximum Gasteiger partial charge on any atom is 0.137 e. The summed E-state index contributed by atoms with van der Waals surface area (Å²) in [5.74, 6) is 0. The zero-order chi connectivity index (χ0) is 13.2. The molecule has 0 amide bonds. The van der Waals surface area contributed by atoms with E-state index in [2.05, 4.69) is 46.8 Å². The lowest BCUT2D eigenvalue weighted by molar-refractivity contribution is 0.939. The first kappa shape index (κ1) is 11.9. The molecule has 0 aliphatic rings. The van der Waals surface area contributed by atoms with Crippen molar-refractivity contribution in [3.05, 3.63) is 59.9 Å². The van der Waals surface area contributed by atoms with Gasteiger partial charge in [-0.2, -0.15) is 0 Å². The second kappa shape index (κ2) is 4.86. The predicted molar refractivity (Wildman–Crippen MR) is 78.1 cm³/mol. The molecule has 3 aromatic rings. The van der Waals surface area contributed by atoms with E-state index in [-0.39, 0.29) is 0 Å². The van der Waals surface area contributed by atoms with E-state index in [0.717, 1.165) is 23.5 Å². The molecule has 0 atom stereocenters. The number of nitrogens with zero attached hydrogens (tertiary/aromatic N) is 2. The molecule has 3 rings (SSSR count). The van der Waals surface area contributed by atoms with Gasteiger partial charge >= 0.3 is 0 Å². The van der Waals surface area contributed by atoms with Crippen LogP contribution in [0.2, 0.25) is 0 Å². The average molecular weight is 251 g/mol. The van der Waals surface area contributed by atoms with E-state index in [9.17, 15) is 0 Å². The van der Waals surface area contributed by atoms with Gasteiger partial charge in [0.1, 0.15) is 5.65 Å². The smallest absolute Gasteiger partial charge is 0.137 e. The van der Waals surface area contributed by atoms with Crippen LogP contribution in [-0.4, -0.2) is 15.9 Å². The van der Waals surface area contributed by atoms with Crippen molar-refractivity contribution in [1.82, 2.24) is 9.38 Å². The molecule has 3 heteroatoms. The number of rotatable bonds is 3. The zero-order valence-electron chi connectivity index (χ0n) is 11.0. The van der Waals surface area contributed by atoms with E-state index >= 15 is 0 Å². The van der Waals surface area contributed by atoms with Gasteiger partial charge in [-0.1, -0.05) is 35.9 Å². The Labute approximate surface area is 112 Å². The average Bonchev–Trinajstić information content (AvgIpc) is 2.78. The number of hydrogen-bond acceptors (Lipinski definition) is 2. The Morgan fingerprint density at radius 3 is 2.63 bits per heavy atom. The summed E-state index contributed by atoms with van der Waals surface area (Å²) in [6.07, 6.45) is 2.85. The molecule has 3 nitrogen and oxygen atoms in total. The maximum atomic E-state index is 5.70. The highest BCUT2D eigenvalue weighted by atomic mass is 15.0. The summed E-state index contributed by atoms with van der Waals surface area (Å²) in [6.45, 7) is 2.71. The Morgan fingerprint density at radius 2 is 1.89 bits per heavy atom. The first-order valence-corrected chi connectivity index (χ1v) is 6.52. The molecule has 0 spiro atoms. The van der Waals surface area contributed by atoms with Crippen molar-refractivity contribution in [1.29, 1.82) is 0 Å². The summed E-state index contributed by atoms with van der Waals surface area (Å²) in [6, 6.07) is 14.6. The van der Waals surface area contributed by atoms with Gasteiger partial charge in [0.05, 0.1) is 11.4 Å². The van der Waals surface area contributed by atoms with Crippen LogP contribution in [0.25, 0.3) is 16.9 Å². The van der Waals surface area contributed by atoms with Gasteiger partial charge in [-0.05, 0) is 25.6 Å². The lowest BCUT2D eigenvalue weighted by Crippen LogP contribution is -2.04. The highest BCUT2D eigenvalue weighted by Gasteiger charge is 2.12. The molecule has 0 aliphatic carbocycles. The van der Waals surface area contributed by atoms with Gasteiger partial charge in [0.15, 0.2) is 0 Å². The number of aromatic nitrogens is 2.